The minimum atomic E-state index is 0.451. The van der Waals surface area contributed by atoms with Crippen LogP contribution >= 0.6 is 0 Å². The molecule has 1 aromatic carbocycles. The van der Waals surface area contributed by atoms with Gasteiger partial charge in [0, 0.05) is 6.61 Å². The fourth-order valence-corrected chi connectivity index (χ4v) is 2.36. The highest BCUT2D eigenvalue weighted by Crippen LogP contribution is 2.09. The van der Waals surface area contributed by atoms with E-state index in [1.54, 1.807) is 11.0 Å². The van der Waals surface area contributed by atoms with E-state index in [-0.39, 0.29) is 0 Å². The fourth-order valence-electron chi connectivity index (χ4n) is 2.36. The quantitative estimate of drug-likeness (QED) is 0.665. The van der Waals surface area contributed by atoms with E-state index in [1.807, 2.05) is 11.6 Å². The molecule has 2 heterocycles. The first-order valence-electron chi connectivity index (χ1n) is 7.63. The topological polar surface area (TPSA) is 70.7 Å². The Morgan fingerprint density at radius 3 is 2.87 bits per heavy atom. The van der Waals surface area contributed by atoms with Gasteiger partial charge in [0.1, 0.15) is 25.8 Å². The predicted octanol–water partition coefficient (Wildman–Crippen LogP) is 1.81. The van der Waals surface area contributed by atoms with Crippen LogP contribution in [0.4, 0.5) is 0 Å². The summed E-state index contributed by atoms with van der Waals surface area (Å²) in [5, 5.41) is 8.69. The molecule has 0 amide bonds. The van der Waals surface area contributed by atoms with Crippen LogP contribution in [0.1, 0.15) is 29.7 Å². The van der Waals surface area contributed by atoms with Crippen LogP contribution in [-0.2, 0) is 24.4 Å². The normalized spacial score (nSPS) is 11.0. The summed E-state index contributed by atoms with van der Waals surface area (Å²) >= 11 is 0. The Bertz CT molecular complexity index is 750. The molecule has 0 radical (unpaired) electrons. The summed E-state index contributed by atoms with van der Waals surface area (Å²) in [7, 11) is 0. The van der Waals surface area contributed by atoms with E-state index in [0.29, 0.717) is 32.1 Å². The fraction of sp³-hybridized carbons (Fsp3) is 0.375. The van der Waals surface area contributed by atoms with E-state index in [2.05, 4.69) is 51.4 Å². The van der Waals surface area contributed by atoms with Gasteiger partial charge < -0.3 is 4.74 Å². The second-order valence-corrected chi connectivity index (χ2v) is 5.32. The van der Waals surface area contributed by atoms with Crippen molar-refractivity contribution >= 4 is 0 Å². The van der Waals surface area contributed by atoms with Crippen LogP contribution in [0.15, 0.2) is 36.9 Å². The number of nitrogens with zero attached hydrogens (tertiary/aromatic N) is 6. The van der Waals surface area contributed by atoms with Gasteiger partial charge in [-0.2, -0.15) is 10.2 Å². The average Bonchev–Trinajstić information content (AvgIpc) is 3.16. The molecule has 0 atom stereocenters. The summed E-state index contributed by atoms with van der Waals surface area (Å²) in [5.74, 6) is 1.53. The Hall–Kier alpha value is -2.54. The minimum Gasteiger partial charge on any atom is -0.374 e. The molecule has 0 aliphatic carbocycles. The van der Waals surface area contributed by atoms with Gasteiger partial charge >= 0.3 is 0 Å². The number of ether oxygens (including phenoxy) is 1. The van der Waals surface area contributed by atoms with E-state index < -0.39 is 0 Å². The van der Waals surface area contributed by atoms with Crippen molar-refractivity contribution in [2.24, 2.45) is 0 Å². The van der Waals surface area contributed by atoms with E-state index in [9.17, 15) is 0 Å². The van der Waals surface area contributed by atoms with Gasteiger partial charge in [0.05, 0.1) is 6.54 Å². The molecule has 0 spiro atoms. The Balaban J connectivity index is 1.82. The average molecular weight is 312 g/mol. The van der Waals surface area contributed by atoms with Crippen LogP contribution < -0.4 is 0 Å². The van der Waals surface area contributed by atoms with Crippen LogP contribution in [0.25, 0.3) is 0 Å². The smallest absolute Gasteiger partial charge is 0.172 e. The number of hydrogen-bond acceptors (Lipinski definition) is 5. The maximum Gasteiger partial charge on any atom is 0.172 e. The van der Waals surface area contributed by atoms with Gasteiger partial charge in [0.25, 0.3) is 0 Å². The molecule has 120 valence electrons. The maximum atomic E-state index is 5.51. The Labute approximate surface area is 135 Å². The van der Waals surface area contributed by atoms with Crippen molar-refractivity contribution in [1.29, 1.82) is 0 Å². The summed E-state index contributed by atoms with van der Waals surface area (Å²) in [6, 6.07) is 8.39. The van der Waals surface area contributed by atoms with Crippen LogP contribution in [-0.4, -0.2) is 36.1 Å². The summed E-state index contributed by atoms with van der Waals surface area (Å²) in [4.78, 5) is 8.52. The molecule has 2 aromatic heterocycles. The molecule has 0 bridgehead atoms. The van der Waals surface area contributed by atoms with E-state index >= 15 is 0 Å². The molecule has 0 saturated heterocycles. The zero-order valence-electron chi connectivity index (χ0n) is 13.4. The van der Waals surface area contributed by atoms with E-state index in [0.717, 1.165) is 5.82 Å². The van der Waals surface area contributed by atoms with Crippen molar-refractivity contribution in [3.8, 4) is 0 Å². The molecule has 0 unspecified atom stereocenters. The first-order valence-corrected chi connectivity index (χ1v) is 7.63. The summed E-state index contributed by atoms with van der Waals surface area (Å²) in [6.45, 7) is 6.33. The van der Waals surface area contributed by atoms with Crippen LogP contribution in [0.3, 0.4) is 0 Å². The molecule has 0 aliphatic rings. The zero-order chi connectivity index (χ0) is 16.1. The van der Waals surface area contributed by atoms with Crippen LogP contribution in [0.5, 0.6) is 0 Å². The van der Waals surface area contributed by atoms with Crippen LogP contribution in [0, 0.1) is 6.92 Å². The van der Waals surface area contributed by atoms with Gasteiger partial charge in [-0.05, 0) is 19.4 Å². The highest BCUT2D eigenvalue weighted by Gasteiger charge is 2.11. The standard InChI is InChI=1S/C16H20N6O/c1-3-23-10-16-19-15(9-21-12-17-11-18-21)20-22(16)8-14-6-4-5-13(2)7-14/h4-7,11-12H,3,8-10H2,1-2H3. The van der Waals surface area contributed by atoms with Crippen LogP contribution in [0.2, 0.25) is 0 Å². The lowest BCUT2D eigenvalue weighted by Gasteiger charge is -2.06. The molecule has 7 heteroatoms. The number of aromatic nitrogens is 6. The molecule has 7 nitrogen and oxygen atoms in total. The first kappa shape index (κ1) is 15.4. The Kier molecular flexibility index (Phi) is 4.77. The van der Waals surface area contributed by atoms with Crippen molar-refractivity contribution in [3.63, 3.8) is 0 Å². The first-order chi connectivity index (χ1) is 11.2. The molecule has 0 fully saturated rings. The van der Waals surface area contributed by atoms with Crippen molar-refractivity contribution < 1.29 is 4.74 Å². The lowest BCUT2D eigenvalue weighted by atomic mass is 10.1. The third-order valence-electron chi connectivity index (χ3n) is 3.41. The lowest BCUT2D eigenvalue weighted by Crippen LogP contribution is -2.09. The maximum absolute atomic E-state index is 5.51. The molecular formula is C16H20N6O. The van der Waals surface area contributed by atoms with Gasteiger partial charge in [0.15, 0.2) is 11.6 Å². The third kappa shape index (κ3) is 4.01. The van der Waals surface area contributed by atoms with E-state index in [4.69, 9.17) is 4.74 Å². The lowest BCUT2D eigenvalue weighted by molar-refractivity contribution is 0.125. The summed E-state index contributed by atoms with van der Waals surface area (Å²) < 4.78 is 9.12. The molecule has 0 saturated carbocycles. The van der Waals surface area contributed by atoms with Crippen molar-refractivity contribution in [2.75, 3.05) is 6.61 Å². The largest absolute Gasteiger partial charge is 0.374 e. The highest BCUT2D eigenvalue weighted by atomic mass is 16.5. The highest BCUT2D eigenvalue weighted by molar-refractivity contribution is 5.22. The molecule has 3 aromatic rings. The number of aryl methyl sites for hydroxylation is 1. The monoisotopic (exact) mass is 312 g/mol. The van der Waals surface area contributed by atoms with Crippen molar-refractivity contribution in [2.45, 2.75) is 33.5 Å². The van der Waals surface area contributed by atoms with Gasteiger partial charge in [-0.15, -0.1) is 0 Å². The zero-order valence-corrected chi connectivity index (χ0v) is 13.4. The molecule has 0 N–H and O–H groups in total. The molecular weight excluding hydrogens is 292 g/mol. The Morgan fingerprint density at radius 2 is 2.13 bits per heavy atom. The molecule has 3 rings (SSSR count). The number of hydrogen-bond donors (Lipinski definition) is 0. The van der Waals surface area contributed by atoms with Gasteiger partial charge in [-0.3, -0.25) is 0 Å². The second-order valence-electron chi connectivity index (χ2n) is 5.32. The third-order valence-corrected chi connectivity index (χ3v) is 3.41. The second kappa shape index (κ2) is 7.15. The van der Waals surface area contributed by atoms with E-state index in [1.165, 1.54) is 17.5 Å². The van der Waals surface area contributed by atoms with Gasteiger partial charge in [-0.1, -0.05) is 29.8 Å². The van der Waals surface area contributed by atoms with Gasteiger partial charge in [0.2, 0.25) is 0 Å². The number of rotatable bonds is 7. The Morgan fingerprint density at radius 1 is 1.22 bits per heavy atom. The van der Waals surface area contributed by atoms with Crippen molar-refractivity contribution in [1.82, 2.24) is 29.5 Å². The molecule has 23 heavy (non-hydrogen) atoms. The minimum absolute atomic E-state index is 0.451. The predicted molar refractivity (Wildman–Crippen MR) is 84.8 cm³/mol. The van der Waals surface area contributed by atoms with Gasteiger partial charge in [-0.25, -0.2) is 19.3 Å². The number of benzene rings is 1. The summed E-state index contributed by atoms with van der Waals surface area (Å²) in [6.07, 6.45) is 3.16. The van der Waals surface area contributed by atoms with Crippen molar-refractivity contribution in [3.05, 3.63) is 59.7 Å². The summed E-state index contributed by atoms with van der Waals surface area (Å²) in [5.41, 5.74) is 2.43. The molecule has 0 aliphatic heterocycles. The SMILES string of the molecule is CCOCc1nc(Cn2cncn2)nn1Cc1cccc(C)c1.